The average Bonchev–Trinajstić information content (AvgIpc) is 2.91. The van der Waals surface area contributed by atoms with Crippen molar-refractivity contribution in [2.45, 2.75) is 11.7 Å². The Labute approximate surface area is 178 Å². The summed E-state index contributed by atoms with van der Waals surface area (Å²) < 4.78 is 28.0. The molecule has 4 rings (SSSR count). The molecule has 0 saturated heterocycles. The smallest absolute Gasteiger partial charge is 0.221 e. The lowest BCUT2D eigenvalue weighted by atomic mass is 9.82. The van der Waals surface area contributed by atoms with Crippen LogP contribution in [0.1, 0.15) is 38.8 Å². The van der Waals surface area contributed by atoms with Crippen LogP contribution >= 0.6 is 0 Å². The number of benzene rings is 2. The highest BCUT2D eigenvalue weighted by Crippen LogP contribution is 2.41. The number of fused-ring (bicyclic) bond motifs is 2. The third-order valence-electron chi connectivity index (χ3n) is 5.29. The number of rotatable bonds is 3. The minimum atomic E-state index is -3.92. The Morgan fingerprint density at radius 1 is 1.03 bits per heavy atom. The van der Waals surface area contributed by atoms with Crippen LogP contribution in [-0.2, 0) is 10.0 Å². The summed E-state index contributed by atoms with van der Waals surface area (Å²) in [6.45, 7) is 1.42. The summed E-state index contributed by atoms with van der Waals surface area (Å²) in [6, 6.07) is 7.42. The van der Waals surface area contributed by atoms with Crippen molar-refractivity contribution >= 4 is 27.3 Å². The second-order valence-corrected chi connectivity index (χ2v) is 9.32. The number of ketones is 2. The van der Waals surface area contributed by atoms with E-state index in [2.05, 4.69) is 0 Å². The molecule has 0 heterocycles. The number of nitrogen functional groups attached to an aromatic ring is 1. The molecule has 2 aromatic carbocycles. The highest BCUT2D eigenvalue weighted by atomic mass is 32.2. The van der Waals surface area contributed by atoms with Gasteiger partial charge in [0.05, 0.1) is 16.8 Å². The molecule has 31 heavy (non-hydrogen) atoms. The normalized spacial score (nSPS) is 20.0. The molecule has 1 unspecified atom stereocenters. The molecule has 0 spiro atoms. The summed E-state index contributed by atoms with van der Waals surface area (Å²) in [7, 11) is -3.92. The van der Waals surface area contributed by atoms with Gasteiger partial charge >= 0.3 is 0 Å². The van der Waals surface area contributed by atoms with E-state index in [1.54, 1.807) is 12.1 Å². The minimum Gasteiger partial charge on any atom is -0.507 e. The van der Waals surface area contributed by atoms with Gasteiger partial charge in [0.2, 0.25) is 10.0 Å². The second-order valence-electron chi connectivity index (χ2n) is 7.35. The number of sulfonamides is 1. The molecular formula is C22H18N2O6S. The summed E-state index contributed by atoms with van der Waals surface area (Å²) >= 11 is 0. The zero-order valence-electron chi connectivity index (χ0n) is 16.3. The monoisotopic (exact) mass is 438 g/mol. The molecule has 1 atom stereocenters. The SMILES string of the molecule is CC1(S(N)(=O)=O)C=CC=C(Oc2cc(O)c3c(c2N)C(=O)c2ccccc2C3=O)C=C1. The number of anilines is 1. The molecule has 8 nitrogen and oxygen atoms in total. The number of carbonyl (C=O) groups excluding carboxylic acids is 2. The number of aromatic hydroxyl groups is 1. The molecule has 2 aromatic rings. The van der Waals surface area contributed by atoms with Crippen LogP contribution < -0.4 is 15.6 Å². The van der Waals surface area contributed by atoms with Crippen LogP contribution in [0.15, 0.2) is 66.5 Å². The van der Waals surface area contributed by atoms with Gasteiger partial charge in [0.15, 0.2) is 17.3 Å². The maximum atomic E-state index is 13.0. The fourth-order valence-electron chi connectivity index (χ4n) is 3.44. The predicted octanol–water partition coefficient (Wildman–Crippen LogP) is 2.19. The van der Waals surface area contributed by atoms with Crippen molar-refractivity contribution in [3.63, 3.8) is 0 Å². The number of phenols is 1. The van der Waals surface area contributed by atoms with E-state index in [9.17, 15) is 23.1 Å². The number of primary sulfonamides is 1. The first kappa shape index (κ1) is 20.6. The van der Waals surface area contributed by atoms with Crippen molar-refractivity contribution in [3.05, 3.63) is 88.7 Å². The molecule has 0 amide bonds. The molecule has 0 aromatic heterocycles. The van der Waals surface area contributed by atoms with Crippen LogP contribution in [0.2, 0.25) is 0 Å². The standard InChI is InChI=1S/C22H18N2O6S/c1-22(31(24,28)29)9-4-5-12(8-10-22)30-16-11-15(25)17-18(19(16)23)21(27)14-7-3-2-6-13(14)20(17)26/h2-11,25H,23H2,1H3,(H2,24,28,29). The quantitative estimate of drug-likeness (QED) is 0.419. The summed E-state index contributed by atoms with van der Waals surface area (Å²) in [5.74, 6) is -1.34. The van der Waals surface area contributed by atoms with Gasteiger partial charge in [0, 0.05) is 17.2 Å². The maximum Gasteiger partial charge on any atom is 0.221 e. The number of allylic oxidation sites excluding steroid dienone is 3. The van der Waals surface area contributed by atoms with Gasteiger partial charge in [0.25, 0.3) is 0 Å². The Kier molecular flexibility index (Phi) is 4.60. The fourth-order valence-corrected chi connectivity index (χ4v) is 3.96. The minimum absolute atomic E-state index is 0.0553. The van der Waals surface area contributed by atoms with E-state index in [-0.39, 0.29) is 39.4 Å². The number of nitrogens with two attached hydrogens (primary N) is 2. The highest BCUT2D eigenvalue weighted by molar-refractivity contribution is 7.90. The Balaban J connectivity index is 1.76. The van der Waals surface area contributed by atoms with Crippen LogP contribution in [0.5, 0.6) is 11.5 Å². The lowest BCUT2D eigenvalue weighted by molar-refractivity contribution is 0.0977. The second kappa shape index (κ2) is 6.93. The lowest BCUT2D eigenvalue weighted by Gasteiger charge is -2.22. The molecule has 0 bridgehead atoms. The van der Waals surface area contributed by atoms with Crippen molar-refractivity contribution < 1.29 is 27.9 Å². The average molecular weight is 438 g/mol. The largest absolute Gasteiger partial charge is 0.507 e. The van der Waals surface area contributed by atoms with E-state index in [0.717, 1.165) is 6.07 Å². The van der Waals surface area contributed by atoms with Crippen LogP contribution in [0.4, 0.5) is 5.69 Å². The van der Waals surface area contributed by atoms with Crippen LogP contribution in [0, 0.1) is 0 Å². The number of carbonyl (C=O) groups is 2. The summed E-state index contributed by atoms with van der Waals surface area (Å²) in [6.07, 6.45) is 7.06. The number of ether oxygens (including phenoxy) is 1. The number of phenolic OH excluding ortho intramolecular Hbond substituents is 1. The van der Waals surface area contributed by atoms with E-state index in [0.29, 0.717) is 0 Å². The third-order valence-corrected chi connectivity index (χ3v) is 6.78. The zero-order valence-corrected chi connectivity index (χ0v) is 17.1. The van der Waals surface area contributed by atoms with Crippen LogP contribution in [-0.4, -0.2) is 29.8 Å². The van der Waals surface area contributed by atoms with Gasteiger partial charge in [-0.2, -0.15) is 0 Å². The van der Waals surface area contributed by atoms with Gasteiger partial charge in [0.1, 0.15) is 16.3 Å². The van der Waals surface area contributed by atoms with Crippen LogP contribution in [0.3, 0.4) is 0 Å². The molecule has 158 valence electrons. The molecule has 0 aliphatic heterocycles. The first-order chi connectivity index (χ1) is 14.5. The lowest BCUT2D eigenvalue weighted by Crippen LogP contribution is -2.36. The highest BCUT2D eigenvalue weighted by Gasteiger charge is 2.35. The molecule has 9 heteroatoms. The Morgan fingerprint density at radius 3 is 2.26 bits per heavy atom. The van der Waals surface area contributed by atoms with E-state index in [1.807, 2.05) is 0 Å². The third kappa shape index (κ3) is 3.24. The van der Waals surface area contributed by atoms with Gasteiger partial charge in [-0.15, -0.1) is 0 Å². The van der Waals surface area contributed by atoms with Crippen molar-refractivity contribution in [1.29, 1.82) is 0 Å². The van der Waals surface area contributed by atoms with Crippen molar-refractivity contribution in [2.24, 2.45) is 5.14 Å². The molecule has 0 fully saturated rings. The van der Waals surface area contributed by atoms with E-state index < -0.39 is 32.1 Å². The first-order valence-corrected chi connectivity index (χ1v) is 10.7. The van der Waals surface area contributed by atoms with Gasteiger partial charge in [-0.3, -0.25) is 9.59 Å². The molecule has 0 saturated carbocycles. The van der Waals surface area contributed by atoms with Gasteiger partial charge < -0.3 is 15.6 Å². The molecule has 0 radical (unpaired) electrons. The summed E-state index contributed by atoms with van der Waals surface area (Å²) in [4.78, 5) is 25.8. The Morgan fingerprint density at radius 2 is 1.65 bits per heavy atom. The van der Waals surface area contributed by atoms with Gasteiger partial charge in [-0.25, -0.2) is 13.6 Å². The van der Waals surface area contributed by atoms with E-state index >= 15 is 0 Å². The van der Waals surface area contributed by atoms with Crippen molar-refractivity contribution in [2.75, 3.05) is 5.73 Å². The Bertz CT molecular complexity index is 1350. The Hall–Kier alpha value is -3.69. The molecule has 2 aliphatic rings. The summed E-state index contributed by atoms with van der Waals surface area (Å²) in [5, 5.41) is 15.8. The fraction of sp³-hybridized carbons (Fsp3) is 0.0909. The van der Waals surface area contributed by atoms with Gasteiger partial charge in [-0.05, 0) is 19.1 Å². The predicted molar refractivity (Wildman–Crippen MR) is 114 cm³/mol. The van der Waals surface area contributed by atoms with E-state index in [1.165, 1.54) is 49.4 Å². The topological polar surface area (TPSA) is 150 Å². The first-order valence-electron chi connectivity index (χ1n) is 9.16. The summed E-state index contributed by atoms with van der Waals surface area (Å²) in [5.41, 5.74) is 6.11. The number of hydrogen-bond donors (Lipinski definition) is 3. The maximum absolute atomic E-state index is 13.0. The van der Waals surface area contributed by atoms with Crippen LogP contribution in [0.25, 0.3) is 0 Å². The number of hydrogen-bond acceptors (Lipinski definition) is 7. The molecule has 5 N–H and O–H groups in total. The van der Waals surface area contributed by atoms with Gasteiger partial charge in [-0.1, -0.05) is 42.5 Å². The van der Waals surface area contributed by atoms with Crippen molar-refractivity contribution in [1.82, 2.24) is 0 Å². The van der Waals surface area contributed by atoms with Crippen molar-refractivity contribution in [3.8, 4) is 11.5 Å². The molecular weight excluding hydrogens is 420 g/mol. The molecule has 2 aliphatic carbocycles. The van der Waals surface area contributed by atoms with E-state index in [4.69, 9.17) is 15.6 Å². The zero-order chi connectivity index (χ0) is 22.6.